The van der Waals surface area contributed by atoms with Gasteiger partial charge in [0, 0.05) is 24.1 Å². The van der Waals surface area contributed by atoms with Crippen LogP contribution in [0.25, 0.3) is 27.1 Å². The van der Waals surface area contributed by atoms with E-state index >= 15 is 0 Å². The first-order valence-corrected chi connectivity index (χ1v) is 9.59. The van der Waals surface area contributed by atoms with Gasteiger partial charge in [-0.15, -0.1) is 15.3 Å². The van der Waals surface area contributed by atoms with Gasteiger partial charge in [0.2, 0.25) is 4.96 Å². The van der Waals surface area contributed by atoms with Crippen LogP contribution in [0.3, 0.4) is 0 Å². The van der Waals surface area contributed by atoms with Crippen LogP contribution in [0.1, 0.15) is 11.4 Å². The highest BCUT2D eigenvalue weighted by molar-refractivity contribution is 7.19. The number of rotatable bonds is 5. The Hall–Kier alpha value is -3.85. The van der Waals surface area contributed by atoms with Crippen LogP contribution in [0.5, 0.6) is 0 Å². The Balaban J connectivity index is 1.43. The molecule has 0 aliphatic heterocycles. The molecular weight excluding hydrogens is 390 g/mol. The molecule has 3 aromatic heterocycles. The molecule has 0 spiro atoms. The standard InChI is InChI=1S/C20H13N5O3S/c26-25(27)15-8-6-14(7-9-15)16-10-11-17(28-16)19-23-24-18(21-22-20(24)29-19)12-13-4-2-1-3-5-13/h1-11H,12H2. The maximum absolute atomic E-state index is 10.8. The van der Waals surface area contributed by atoms with Gasteiger partial charge in [-0.3, -0.25) is 10.1 Å². The van der Waals surface area contributed by atoms with Crippen molar-refractivity contribution in [2.24, 2.45) is 0 Å². The minimum Gasteiger partial charge on any atom is -0.454 e. The summed E-state index contributed by atoms with van der Waals surface area (Å²) in [5.41, 5.74) is 1.93. The molecule has 0 bridgehead atoms. The minimum atomic E-state index is -0.427. The number of benzene rings is 2. The molecule has 0 atom stereocenters. The van der Waals surface area contributed by atoms with Crippen molar-refractivity contribution in [1.29, 1.82) is 0 Å². The van der Waals surface area contributed by atoms with Crippen LogP contribution < -0.4 is 0 Å². The SMILES string of the molecule is O=[N+]([O-])c1ccc(-c2ccc(-c3nn4c(Cc5ccccc5)nnc4s3)o2)cc1. The second kappa shape index (κ2) is 6.95. The monoisotopic (exact) mass is 403 g/mol. The zero-order chi connectivity index (χ0) is 19.8. The molecular formula is C20H13N5O3S. The summed E-state index contributed by atoms with van der Waals surface area (Å²) in [5.74, 6) is 1.99. The quantitative estimate of drug-likeness (QED) is 0.314. The summed E-state index contributed by atoms with van der Waals surface area (Å²) < 4.78 is 7.67. The molecule has 29 heavy (non-hydrogen) atoms. The normalized spacial score (nSPS) is 11.2. The van der Waals surface area contributed by atoms with Gasteiger partial charge in [0.25, 0.3) is 5.69 Å². The number of nitro groups is 1. The maximum atomic E-state index is 10.8. The van der Waals surface area contributed by atoms with E-state index in [-0.39, 0.29) is 5.69 Å². The Labute approximate surface area is 168 Å². The van der Waals surface area contributed by atoms with E-state index in [0.717, 1.165) is 17.0 Å². The first-order chi connectivity index (χ1) is 14.2. The fourth-order valence-electron chi connectivity index (χ4n) is 3.00. The zero-order valence-corrected chi connectivity index (χ0v) is 15.7. The lowest BCUT2D eigenvalue weighted by Crippen LogP contribution is -1.97. The van der Waals surface area contributed by atoms with Gasteiger partial charge in [-0.2, -0.15) is 4.52 Å². The molecule has 142 valence electrons. The summed E-state index contributed by atoms with van der Waals surface area (Å²) in [6.45, 7) is 0. The summed E-state index contributed by atoms with van der Waals surface area (Å²) in [5, 5.41) is 24.6. The van der Waals surface area contributed by atoms with Crippen LogP contribution in [0, 0.1) is 10.1 Å². The van der Waals surface area contributed by atoms with E-state index in [0.29, 0.717) is 27.9 Å². The second-order valence-corrected chi connectivity index (χ2v) is 7.30. The summed E-state index contributed by atoms with van der Waals surface area (Å²) in [6, 6.07) is 19.9. The van der Waals surface area contributed by atoms with Crippen molar-refractivity contribution in [1.82, 2.24) is 19.8 Å². The predicted molar refractivity (Wildman–Crippen MR) is 108 cm³/mol. The molecule has 0 saturated carbocycles. The van der Waals surface area contributed by atoms with Crippen LogP contribution in [-0.4, -0.2) is 24.7 Å². The molecule has 5 aromatic rings. The number of hydrogen-bond donors (Lipinski definition) is 0. The molecule has 0 unspecified atom stereocenters. The van der Waals surface area contributed by atoms with E-state index in [1.807, 2.05) is 42.5 Å². The van der Waals surface area contributed by atoms with Gasteiger partial charge in [0.05, 0.1) is 4.92 Å². The van der Waals surface area contributed by atoms with Gasteiger partial charge in [0.15, 0.2) is 16.6 Å². The Bertz CT molecular complexity index is 1310. The van der Waals surface area contributed by atoms with Gasteiger partial charge in [0.1, 0.15) is 5.76 Å². The summed E-state index contributed by atoms with van der Waals surface area (Å²) in [4.78, 5) is 11.1. The summed E-state index contributed by atoms with van der Waals surface area (Å²) in [6.07, 6.45) is 0.636. The number of furan rings is 1. The van der Waals surface area contributed by atoms with Crippen LogP contribution >= 0.6 is 11.3 Å². The Morgan fingerprint density at radius 2 is 1.72 bits per heavy atom. The highest BCUT2D eigenvalue weighted by atomic mass is 32.1. The van der Waals surface area contributed by atoms with Gasteiger partial charge in [-0.05, 0) is 29.8 Å². The fourth-order valence-corrected chi connectivity index (χ4v) is 3.82. The lowest BCUT2D eigenvalue weighted by atomic mass is 10.1. The topological polar surface area (TPSA) is 99.4 Å². The van der Waals surface area contributed by atoms with E-state index < -0.39 is 4.92 Å². The van der Waals surface area contributed by atoms with Gasteiger partial charge in [-0.1, -0.05) is 41.7 Å². The Morgan fingerprint density at radius 3 is 2.48 bits per heavy atom. The van der Waals surface area contributed by atoms with Crippen molar-refractivity contribution in [3.63, 3.8) is 0 Å². The summed E-state index contributed by atoms with van der Waals surface area (Å²) in [7, 11) is 0. The number of nitro benzene ring substituents is 1. The zero-order valence-electron chi connectivity index (χ0n) is 14.9. The molecule has 9 heteroatoms. The van der Waals surface area contributed by atoms with E-state index in [2.05, 4.69) is 15.3 Å². The molecule has 0 radical (unpaired) electrons. The minimum absolute atomic E-state index is 0.0418. The van der Waals surface area contributed by atoms with E-state index in [4.69, 9.17) is 4.42 Å². The molecule has 0 amide bonds. The molecule has 0 fully saturated rings. The van der Waals surface area contributed by atoms with Crippen molar-refractivity contribution in [3.05, 3.63) is 88.2 Å². The smallest absolute Gasteiger partial charge is 0.269 e. The predicted octanol–water partition coefficient (Wildman–Crippen LogP) is 4.61. The van der Waals surface area contributed by atoms with Crippen molar-refractivity contribution in [2.45, 2.75) is 6.42 Å². The van der Waals surface area contributed by atoms with Crippen LogP contribution in [0.4, 0.5) is 5.69 Å². The number of hydrogen-bond acceptors (Lipinski definition) is 7. The Kier molecular flexibility index (Phi) is 4.14. The second-order valence-electron chi connectivity index (χ2n) is 6.35. The Morgan fingerprint density at radius 1 is 0.966 bits per heavy atom. The lowest BCUT2D eigenvalue weighted by Gasteiger charge is -1.97. The largest absolute Gasteiger partial charge is 0.454 e. The number of fused-ring (bicyclic) bond motifs is 1. The molecule has 3 heterocycles. The number of non-ortho nitro benzene ring substituents is 1. The third-order valence-electron chi connectivity index (χ3n) is 4.44. The molecule has 2 aromatic carbocycles. The summed E-state index contributed by atoms with van der Waals surface area (Å²) >= 11 is 1.39. The van der Waals surface area contributed by atoms with E-state index in [1.165, 1.54) is 23.5 Å². The lowest BCUT2D eigenvalue weighted by molar-refractivity contribution is -0.384. The molecule has 0 N–H and O–H groups in total. The van der Waals surface area contributed by atoms with Gasteiger partial charge < -0.3 is 4.42 Å². The van der Waals surface area contributed by atoms with Crippen molar-refractivity contribution >= 4 is 22.0 Å². The number of nitrogens with zero attached hydrogens (tertiary/aromatic N) is 5. The number of aromatic nitrogens is 4. The molecule has 0 aliphatic carbocycles. The first-order valence-electron chi connectivity index (χ1n) is 8.77. The van der Waals surface area contributed by atoms with Crippen molar-refractivity contribution in [3.8, 4) is 22.1 Å². The average molecular weight is 403 g/mol. The van der Waals surface area contributed by atoms with Gasteiger partial charge in [-0.25, -0.2) is 0 Å². The maximum Gasteiger partial charge on any atom is 0.269 e. The van der Waals surface area contributed by atoms with Gasteiger partial charge >= 0.3 is 0 Å². The third-order valence-corrected chi connectivity index (χ3v) is 5.35. The van der Waals surface area contributed by atoms with Crippen molar-refractivity contribution in [2.75, 3.05) is 0 Å². The third kappa shape index (κ3) is 3.27. The first kappa shape index (κ1) is 17.3. The average Bonchev–Trinajstić information content (AvgIpc) is 3.46. The van der Waals surface area contributed by atoms with E-state index in [9.17, 15) is 10.1 Å². The van der Waals surface area contributed by atoms with E-state index in [1.54, 1.807) is 16.6 Å². The molecule has 0 aliphatic rings. The molecule has 5 rings (SSSR count). The fraction of sp³-hybridized carbons (Fsp3) is 0.0500. The van der Waals surface area contributed by atoms with Crippen molar-refractivity contribution < 1.29 is 9.34 Å². The highest BCUT2D eigenvalue weighted by Gasteiger charge is 2.16. The molecule has 8 nitrogen and oxygen atoms in total. The molecule has 0 saturated heterocycles. The van der Waals surface area contributed by atoms with Crippen LogP contribution in [0.2, 0.25) is 0 Å². The van der Waals surface area contributed by atoms with Crippen LogP contribution in [-0.2, 0) is 6.42 Å². The highest BCUT2D eigenvalue weighted by Crippen LogP contribution is 2.32. The van der Waals surface area contributed by atoms with Crippen LogP contribution in [0.15, 0.2) is 71.1 Å².